The van der Waals surface area contributed by atoms with E-state index in [9.17, 15) is 9.59 Å². The number of ether oxygens (including phenoxy) is 4. The molecule has 42 heavy (non-hydrogen) atoms. The average molecular weight is 650 g/mol. The summed E-state index contributed by atoms with van der Waals surface area (Å²) in [5, 5.41) is 0. The van der Waals surface area contributed by atoms with Gasteiger partial charge in [-0.15, -0.1) is 0 Å². The van der Waals surface area contributed by atoms with Gasteiger partial charge in [0.05, 0.1) is 47.1 Å². The minimum Gasteiger partial charge on any atom is -0.493 e. The Balaban J connectivity index is 1.56. The molecular weight excluding hydrogens is 620 g/mol. The van der Waals surface area contributed by atoms with Crippen LogP contribution >= 0.6 is 27.3 Å². The Kier molecular flexibility index (Phi) is 8.94. The van der Waals surface area contributed by atoms with Crippen molar-refractivity contribution in [2.45, 2.75) is 26.5 Å². The number of benzene rings is 3. The quantitative estimate of drug-likeness (QED) is 0.233. The first-order valence-electron chi connectivity index (χ1n) is 13.2. The maximum atomic E-state index is 13.9. The van der Waals surface area contributed by atoms with Crippen LogP contribution in [0.5, 0.6) is 17.2 Å². The van der Waals surface area contributed by atoms with Crippen molar-refractivity contribution in [3.05, 3.63) is 119 Å². The van der Waals surface area contributed by atoms with E-state index in [4.69, 9.17) is 18.9 Å². The van der Waals surface area contributed by atoms with Crippen molar-refractivity contribution in [2.75, 3.05) is 20.8 Å². The Morgan fingerprint density at radius 1 is 1.02 bits per heavy atom. The minimum absolute atomic E-state index is 0.193. The largest absolute Gasteiger partial charge is 0.493 e. The van der Waals surface area contributed by atoms with Crippen LogP contribution in [0.3, 0.4) is 0 Å². The Morgan fingerprint density at radius 2 is 1.76 bits per heavy atom. The number of thiazole rings is 1. The lowest BCUT2D eigenvalue weighted by Crippen LogP contribution is -2.39. The molecule has 0 unspecified atom stereocenters. The number of carbonyl (C=O) groups excluding carboxylic acids is 1. The molecule has 3 aromatic carbocycles. The summed E-state index contributed by atoms with van der Waals surface area (Å²) in [6.45, 7) is 4.13. The second kappa shape index (κ2) is 12.8. The van der Waals surface area contributed by atoms with Crippen LogP contribution in [0.2, 0.25) is 0 Å². The number of rotatable bonds is 9. The van der Waals surface area contributed by atoms with Gasteiger partial charge in [0, 0.05) is 0 Å². The number of methoxy groups -OCH3 is 2. The molecule has 0 spiro atoms. The molecule has 0 amide bonds. The highest BCUT2D eigenvalue weighted by Crippen LogP contribution is 2.36. The van der Waals surface area contributed by atoms with Gasteiger partial charge >= 0.3 is 5.97 Å². The molecule has 1 aliphatic heterocycles. The zero-order valence-electron chi connectivity index (χ0n) is 23.5. The van der Waals surface area contributed by atoms with Gasteiger partial charge in [0.15, 0.2) is 16.3 Å². The van der Waals surface area contributed by atoms with E-state index < -0.39 is 12.0 Å². The normalized spacial score (nSPS) is 14.7. The van der Waals surface area contributed by atoms with Crippen molar-refractivity contribution in [3.8, 4) is 17.2 Å². The molecule has 1 atom stereocenters. The molecule has 5 rings (SSSR count). The number of nitrogens with zero attached hydrogens (tertiary/aromatic N) is 2. The van der Waals surface area contributed by atoms with E-state index in [-0.39, 0.29) is 12.2 Å². The van der Waals surface area contributed by atoms with E-state index in [0.717, 1.165) is 15.6 Å². The van der Waals surface area contributed by atoms with E-state index in [1.807, 2.05) is 60.7 Å². The summed E-state index contributed by atoms with van der Waals surface area (Å²) in [6, 6.07) is 20.2. The highest BCUT2D eigenvalue weighted by atomic mass is 79.9. The van der Waals surface area contributed by atoms with Gasteiger partial charge in [0.1, 0.15) is 12.4 Å². The van der Waals surface area contributed by atoms with Crippen LogP contribution in [-0.2, 0) is 16.1 Å². The molecule has 1 aromatic heterocycles. The Morgan fingerprint density at radius 3 is 2.45 bits per heavy atom. The van der Waals surface area contributed by atoms with E-state index in [0.29, 0.717) is 50.0 Å². The fourth-order valence-corrected chi connectivity index (χ4v) is 6.30. The zero-order chi connectivity index (χ0) is 29.8. The Hall–Kier alpha value is -4.15. The van der Waals surface area contributed by atoms with Crippen molar-refractivity contribution >= 4 is 39.3 Å². The van der Waals surface area contributed by atoms with Gasteiger partial charge < -0.3 is 18.9 Å². The van der Waals surface area contributed by atoms with Crippen molar-refractivity contribution in [1.29, 1.82) is 0 Å². The number of fused-ring (bicyclic) bond motifs is 1. The molecule has 0 radical (unpaired) electrons. The van der Waals surface area contributed by atoms with E-state index in [2.05, 4.69) is 20.9 Å². The van der Waals surface area contributed by atoms with Crippen LogP contribution in [0.15, 0.2) is 92.3 Å². The number of carbonyl (C=O) groups is 1. The summed E-state index contributed by atoms with van der Waals surface area (Å²) in [5.41, 5.74) is 3.06. The lowest BCUT2D eigenvalue weighted by Gasteiger charge is -2.25. The van der Waals surface area contributed by atoms with Gasteiger partial charge in [-0.2, -0.15) is 0 Å². The lowest BCUT2D eigenvalue weighted by molar-refractivity contribution is -0.139. The summed E-state index contributed by atoms with van der Waals surface area (Å²) in [4.78, 5) is 32.2. The molecule has 0 N–H and O–H groups in total. The first kappa shape index (κ1) is 29.3. The van der Waals surface area contributed by atoms with E-state index in [1.54, 1.807) is 37.7 Å². The van der Waals surface area contributed by atoms with E-state index >= 15 is 0 Å². The molecule has 0 saturated carbocycles. The molecule has 8 nitrogen and oxygen atoms in total. The number of allylic oxidation sites excluding steroid dienone is 1. The number of esters is 1. The SMILES string of the molecule is CCOC(=O)C1=C(C)N=c2s/c(=C/c3ccc(OCc4ccccc4)c(Br)c3)c(=O)n2[C@@H]1c1ccc(OC)c(OC)c1. The molecule has 1 aliphatic rings. The second-order valence-corrected chi connectivity index (χ2v) is 11.2. The highest BCUT2D eigenvalue weighted by molar-refractivity contribution is 9.10. The summed E-state index contributed by atoms with van der Waals surface area (Å²) in [6.07, 6.45) is 1.81. The van der Waals surface area contributed by atoms with Gasteiger partial charge in [-0.1, -0.05) is 53.8 Å². The van der Waals surface area contributed by atoms with Crippen LogP contribution in [-0.4, -0.2) is 31.4 Å². The van der Waals surface area contributed by atoms with Crippen molar-refractivity contribution < 1.29 is 23.7 Å². The third-order valence-electron chi connectivity index (χ3n) is 6.73. The molecule has 10 heteroatoms. The molecule has 0 fully saturated rings. The lowest BCUT2D eigenvalue weighted by atomic mass is 9.95. The van der Waals surface area contributed by atoms with Crippen LogP contribution in [0.1, 0.15) is 36.6 Å². The number of hydrogen-bond acceptors (Lipinski definition) is 8. The van der Waals surface area contributed by atoms with Crippen LogP contribution in [0.4, 0.5) is 0 Å². The standard InChI is InChI=1S/C32H29BrN2O6S/c1-5-40-31(37)28-19(2)34-32-35(29(28)22-12-14-25(38-3)26(17-22)39-4)30(36)27(42-32)16-21-11-13-24(23(33)15-21)41-18-20-9-7-6-8-10-20/h6-17,29H,5,18H2,1-4H3/b27-16+/t29-/m1/s1. The fraction of sp³-hybridized carbons (Fsp3) is 0.219. The average Bonchev–Trinajstić information content (AvgIpc) is 3.29. The molecule has 0 saturated heterocycles. The summed E-state index contributed by atoms with van der Waals surface area (Å²) in [7, 11) is 3.09. The van der Waals surface area contributed by atoms with E-state index in [1.165, 1.54) is 18.4 Å². The van der Waals surface area contributed by atoms with Gasteiger partial charge in [-0.25, -0.2) is 9.79 Å². The maximum Gasteiger partial charge on any atom is 0.338 e. The summed E-state index contributed by atoms with van der Waals surface area (Å²) >= 11 is 4.86. The molecule has 2 heterocycles. The Bertz CT molecular complexity index is 1840. The monoisotopic (exact) mass is 648 g/mol. The fourth-order valence-electron chi connectivity index (χ4n) is 4.74. The van der Waals surface area contributed by atoms with Crippen LogP contribution in [0, 0.1) is 0 Å². The topological polar surface area (TPSA) is 88.4 Å². The predicted molar refractivity (Wildman–Crippen MR) is 165 cm³/mol. The molecule has 0 bridgehead atoms. The second-order valence-electron chi connectivity index (χ2n) is 9.38. The van der Waals surface area contributed by atoms with Crippen LogP contribution in [0.25, 0.3) is 6.08 Å². The molecule has 4 aromatic rings. The minimum atomic E-state index is -0.761. The maximum absolute atomic E-state index is 13.9. The van der Waals surface area contributed by atoms with Gasteiger partial charge in [0.25, 0.3) is 5.56 Å². The number of halogens is 1. The third-order valence-corrected chi connectivity index (χ3v) is 8.33. The predicted octanol–water partition coefficient (Wildman–Crippen LogP) is 5.16. The first-order chi connectivity index (χ1) is 20.3. The van der Waals surface area contributed by atoms with Crippen molar-refractivity contribution in [3.63, 3.8) is 0 Å². The molecule has 0 aliphatic carbocycles. The Labute approximate surface area is 255 Å². The molecule has 216 valence electrons. The van der Waals surface area contributed by atoms with Gasteiger partial charge in [0.2, 0.25) is 0 Å². The molecular formula is C32H29BrN2O6S. The smallest absolute Gasteiger partial charge is 0.338 e. The van der Waals surface area contributed by atoms with Gasteiger partial charge in [-0.05, 0) is 76.8 Å². The van der Waals surface area contributed by atoms with Gasteiger partial charge in [-0.3, -0.25) is 9.36 Å². The highest BCUT2D eigenvalue weighted by Gasteiger charge is 2.34. The first-order valence-corrected chi connectivity index (χ1v) is 14.8. The zero-order valence-corrected chi connectivity index (χ0v) is 26.0. The number of aromatic nitrogens is 1. The summed E-state index contributed by atoms with van der Waals surface area (Å²) in [5.74, 6) is 1.19. The third kappa shape index (κ3) is 5.91. The van der Waals surface area contributed by atoms with Crippen molar-refractivity contribution in [1.82, 2.24) is 4.57 Å². The summed E-state index contributed by atoms with van der Waals surface area (Å²) < 4.78 is 25.1. The van der Waals surface area contributed by atoms with Crippen molar-refractivity contribution in [2.24, 2.45) is 4.99 Å². The van der Waals surface area contributed by atoms with Crippen LogP contribution < -0.4 is 29.1 Å². The number of hydrogen-bond donors (Lipinski definition) is 0.